The first-order valence-electron chi connectivity index (χ1n) is 31.9. The normalized spacial score (nSPS) is 11.4. The summed E-state index contributed by atoms with van der Waals surface area (Å²) >= 11 is 0. The van der Waals surface area contributed by atoms with Crippen LogP contribution >= 0.6 is 0 Å². The average molecular weight is 1040 g/mol. The SMILES string of the molecule is CCCCCCCCCCCCc1ccc(-c2c(-c3ccncc3)c(-c3ccc(CCCCCCCCCCCC)cc3)c(-c3ccncc3)c(-c3ccc(CCCCCCCCCCCC)cc3)c2-c2ccncc2)cc1. The van der Waals surface area contributed by atoms with Crippen LogP contribution in [0.3, 0.4) is 0 Å². The van der Waals surface area contributed by atoms with Gasteiger partial charge in [0, 0.05) is 37.2 Å². The molecule has 3 nitrogen and oxygen atoms in total. The molecule has 0 amide bonds. The van der Waals surface area contributed by atoms with Crippen LogP contribution < -0.4 is 0 Å². The molecular formula is C75H99N3. The third-order valence-corrected chi connectivity index (χ3v) is 16.6. The van der Waals surface area contributed by atoms with E-state index in [0.29, 0.717) is 0 Å². The fourth-order valence-corrected chi connectivity index (χ4v) is 12.0. The zero-order valence-corrected chi connectivity index (χ0v) is 49.0. The molecule has 0 atom stereocenters. The molecule has 78 heavy (non-hydrogen) atoms. The lowest BCUT2D eigenvalue weighted by Gasteiger charge is -2.29. The Labute approximate surface area is 475 Å². The monoisotopic (exact) mass is 1040 g/mol. The van der Waals surface area contributed by atoms with E-state index in [9.17, 15) is 0 Å². The predicted octanol–water partition coefficient (Wildman–Crippen LogP) is 23.3. The van der Waals surface area contributed by atoms with Gasteiger partial charge >= 0.3 is 0 Å². The summed E-state index contributed by atoms with van der Waals surface area (Å²) < 4.78 is 0. The maximum absolute atomic E-state index is 4.60. The van der Waals surface area contributed by atoms with Crippen molar-refractivity contribution in [3.8, 4) is 66.8 Å². The molecule has 3 aromatic heterocycles. The number of hydrogen-bond donors (Lipinski definition) is 0. The van der Waals surface area contributed by atoms with Gasteiger partial charge in [0.05, 0.1) is 0 Å². The van der Waals surface area contributed by atoms with Gasteiger partial charge in [0.25, 0.3) is 0 Å². The van der Waals surface area contributed by atoms with Crippen molar-refractivity contribution in [2.24, 2.45) is 0 Å². The molecule has 0 saturated carbocycles. The van der Waals surface area contributed by atoms with Crippen LogP contribution in [0.4, 0.5) is 0 Å². The summed E-state index contributed by atoms with van der Waals surface area (Å²) in [5.41, 5.74) is 18.8. The lowest BCUT2D eigenvalue weighted by molar-refractivity contribution is 0.556. The van der Waals surface area contributed by atoms with Crippen molar-refractivity contribution in [3.05, 3.63) is 163 Å². The quantitative estimate of drug-likeness (QED) is 0.0361. The van der Waals surface area contributed by atoms with Crippen LogP contribution in [0.15, 0.2) is 146 Å². The molecule has 0 aliphatic carbocycles. The van der Waals surface area contributed by atoms with Gasteiger partial charge in [-0.1, -0.05) is 267 Å². The fraction of sp³-hybridized carbons (Fsp3) is 0.480. The van der Waals surface area contributed by atoms with Crippen LogP contribution in [0.1, 0.15) is 230 Å². The minimum atomic E-state index is 1.11. The van der Waals surface area contributed by atoms with E-state index in [0.717, 1.165) is 36.0 Å². The summed E-state index contributed by atoms with van der Waals surface area (Å²) in [6.45, 7) is 6.91. The highest BCUT2D eigenvalue weighted by molar-refractivity contribution is 6.15. The van der Waals surface area contributed by atoms with Gasteiger partial charge in [-0.05, 0) is 158 Å². The molecule has 7 rings (SSSR count). The molecule has 0 aliphatic heterocycles. The highest BCUT2D eigenvalue weighted by Gasteiger charge is 2.29. The maximum atomic E-state index is 4.60. The van der Waals surface area contributed by atoms with E-state index >= 15 is 0 Å². The number of nitrogens with zero attached hydrogens (tertiary/aromatic N) is 3. The van der Waals surface area contributed by atoms with Gasteiger partial charge in [0.1, 0.15) is 0 Å². The van der Waals surface area contributed by atoms with E-state index in [-0.39, 0.29) is 0 Å². The zero-order chi connectivity index (χ0) is 54.1. The van der Waals surface area contributed by atoms with E-state index in [1.807, 2.05) is 37.2 Å². The molecule has 0 aliphatic rings. The van der Waals surface area contributed by atoms with E-state index in [1.165, 1.54) is 259 Å². The van der Waals surface area contributed by atoms with E-state index < -0.39 is 0 Å². The van der Waals surface area contributed by atoms with Crippen LogP contribution in [0, 0.1) is 0 Å². The van der Waals surface area contributed by atoms with Crippen LogP contribution in [0.5, 0.6) is 0 Å². The molecule has 3 heterocycles. The topological polar surface area (TPSA) is 38.7 Å². The summed E-state index contributed by atoms with van der Waals surface area (Å²) in [5, 5.41) is 0. The predicted molar refractivity (Wildman–Crippen MR) is 339 cm³/mol. The van der Waals surface area contributed by atoms with Crippen LogP contribution in [-0.2, 0) is 19.3 Å². The highest BCUT2D eigenvalue weighted by Crippen LogP contribution is 2.56. The minimum Gasteiger partial charge on any atom is -0.265 e. The molecule has 0 bridgehead atoms. The van der Waals surface area contributed by atoms with Crippen molar-refractivity contribution in [3.63, 3.8) is 0 Å². The number of unbranched alkanes of at least 4 members (excludes halogenated alkanes) is 27. The molecule has 7 aromatic rings. The Morgan fingerprint density at radius 1 is 0.192 bits per heavy atom. The van der Waals surface area contributed by atoms with Crippen LogP contribution in [0.2, 0.25) is 0 Å². The Morgan fingerprint density at radius 3 is 0.551 bits per heavy atom. The molecule has 3 heteroatoms. The van der Waals surface area contributed by atoms with Crippen molar-refractivity contribution in [2.45, 2.75) is 233 Å². The summed E-state index contributed by atoms with van der Waals surface area (Å²) in [4.78, 5) is 13.8. The average Bonchev–Trinajstić information content (AvgIpc) is 3.63. The Kier molecular flexibility index (Phi) is 27.5. The van der Waals surface area contributed by atoms with Crippen LogP contribution in [-0.4, -0.2) is 15.0 Å². The van der Waals surface area contributed by atoms with Gasteiger partial charge in [0.2, 0.25) is 0 Å². The number of aromatic nitrogens is 3. The molecular weight excluding hydrogens is 943 g/mol. The Morgan fingerprint density at radius 2 is 0.359 bits per heavy atom. The molecule has 0 saturated heterocycles. The summed E-state index contributed by atoms with van der Waals surface area (Å²) in [6, 6.07) is 42.3. The summed E-state index contributed by atoms with van der Waals surface area (Å²) in [7, 11) is 0. The molecule has 0 fully saturated rings. The Balaban J connectivity index is 1.28. The highest BCUT2D eigenvalue weighted by atomic mass is 14.6. The summed E-state index contributed by atoms with van der Waals surface area (Å²) in [5.74, 6) is 0. The van der Waals surface area contributed by atoms with Gasteiger partial charge in [0.15, 0.2) is 0 Å². The van der Waals surface area contributed by atoms with Gasteiger partial charge in [-0.2, -0.15) is 0 Å². The smallest absolute Gasteiger partial charge is 0.0273 e. The number of rotatable bonds is 39. The first-order chi connectivity index (χ1) is 38.7. The second-order valence-corrected chi connectivity index (χ2v) is 22.8. The number of benzene rings is 4. The van der Waals surface area contributed by atoms with E-state index in [1.54, 1.807) is 0 Å². The number of aryl methyl sites for hydroxylation is 3. The molecule has 0 radical (unpaired) electrons. The van der Waals surface area contributed by atoms with Gasteiger partial charge in [-0.15, -0.1) is 0 Å². The van der Waals surface area contributed by atoms with Gasteiger partial charge in [-0.3, -0.25) is 15.0 Å². The van der Waals surface area contributed by atoms with E-state index in [2.05, 4.69) is 145 Å². The van der Waals surface area contributed by atoms with Crippen molar-refractivity contribution < 1.29 is 0 Å². The van der Waals surface area contributed by atoms with Crippen molar-refractivity contribution >= 4 is 0 Å². The van der Waals surface area contributed by atoms with Gasteiger partial charge in [-0.25, -0.2) is 0 Å². The first kappa shape index (κ1) is 60.0. The maximum Gasteiger partial charge on any atom is 0.0273 e. The Hall–Kier alpha value is -5.67. The fourth-order valence-electron chi connectivity index (χ4n) is 12.0. The largest absolute Gasteiger partial charge is 0.265 e. The molecule has 414 valence electrons. The van der Waals surface area contributed by atoms with Gasteiger partial charge < -0.3 is 0 Å². The van der Waals surface area contributed by atoms with Crippen molar-refractivity contribution in [2.75, 3.05) is 0 Å². The number of hydrogen-bond acceptors (Lipinski definition) is 3. The second kappa shape index (κ2) is 35.8. The molecule has 0 unspecified atom stereocenters. The standard InChI is InChI=1S/C75H99N3/c1-4-7-10-13-16-19-22-25-28-31-34-61-37-43-64(44-38-61)70-73(67-49-55-76-56-50-67)71(65-45-39-62(40-46-65)35-32-29-26-23-20-17-14-11-8-5-2)75(69-53-59-78-60-54-69)72(74(70)68-51-57-77-58-52-68)66-47-41-63(42-48-66)36-33-30-27-24-21-18-15-12-9-6-3/h37-60H,4-36H2,1-3H3. The van der Waals surface area contributed by atoms with Crippen LogP contribution in [0.25, 0.3) is 66.8 Å². The molecule has 0 spiro atoms. The second-order valence-electron chi connectivity index (χ2n) is 22.8. The first-order valence-corrected chi connectivity index (χ1v) is 31.9. The molecule has 4 aromatic carbocycles. The van der Waals surface area contributed by atoms with Crippen molar-refractivity contribution in [1.82, 2.24) is 15.0 Å². The lowest BCUT2D eigenvalue weighted by Crippen LogP contribution is -2.03. The number of pyridine rings is 3. The van der Waals surface area contributed by atoms with E-state index in [4.69, 9.17) is 0 Å². The van der Waals surface area contributed by atoms with Crippen molar-refractivity contribution in [1.29, 1.82) is 0 Å². The third kappa shape index (κ3) is 19.3. The summed E-state index contributed by atoms with van der Waals surface area (Å²) in [6.07, 6.45) is 55.7. The Bertz CT molecular complexity index is 2340. The molecule has 0 N–H and O–H groups in total. The lowest BCUT2D eigenvalue weighted by atomic mass is 9.74. The minimum absolute atomic E-state index is 1.11. The zero-order valence-electron chi connectivity index (χ0n) is 49.0. The third-order valence-electron chi connectivity index (χ3n) is 16.6.